The smallest absolute Gasteiger partial charge is 0.307 e. The Kier molecular flexibility index (Phi) is 4.75. The third-order valence-electron chi connectivity index (χ3n) is 3.45. The van der Waals surface area contributed by atoms with Gasteiger partial charge in [-0.05, 0) is 25.8 Å². The molecule has 1 rings (SSSR count). The summed E-state index contributed by atoms with van der Waals surface area (Å²) in [5.74, 6) is -3.15. The Morgan fingerprint density at radius 2 is 1.85 bits per heavy atom. The van der Waals surface area contributed by atoms with Crippen molar-refractivity contribution in [2.24, 2.45) is 0 Å². The minimum Gasteiger partial charge on any atom is -0.347 e. The van der Waals surface area contributed by atoms with Crippen molar-refractivity contribution in [2.75, 3.05) is 0 Å². The minimum absolute atomic E-state index is 0.416. The van der Waals surface area contributed by atoms with Gasteiger partial charge in [0.05, 0.1) is 16.6 Å². The average molecular weight is 286 g/mol. The normalized spacial score (nSPS) is 11.2. The molecule has 0 aliphatic carbocycles. The van der Waals surface area contributed by atoms with Crippen LogP contribution in [0.2, 0.25) is 0 Å². The number of hydrogen-bond acceptors (Lipinski definition) is 3. The van der Waals surface area contributed by atoms with Crippen LogP contribution in [0.25, 0.3) is 0 Å². The van der Waals surface area contributed by atoms with E-state index in [1.165, 1.54) is 0 Å². The number of halogens is 2. The van der Waals surface area contributed by atoms with Gasteiger partial charge < -0.3 is 5.32 Å². The Labute approximate surface area is 115 Å². The van der Waals surface area contributed by atoms with Gasteiger partial charge in [-0.25, -0.2) is 4.39 Å². The van der Waals surface area contributed by atoms with E-state index < -0.39 is 39.3 Å². The molecule has 1 N–H and O–H groups in total. The largest absolute Gasteiger partial charge is 0.347 e. The monoisotopic (exact) mass is 286 g/mol. The predicted molar refractivity (Wildman–Crippen MR) is 69.5 cm³/mol. The highest BCUT2D eigenvalue weighted by molar-refractivity contribution is 5.95. The summed E-state index contributed by atoms with van der Waals surface area (Å²) in [6, 6.07) is 0.966. The van der Waals surface area contributed by atoms with E-state index in [4.69, 9.17) is 0 Å². The van der Waals surface area contributed by atoms with Crippen molar-refractivity contribution in [3.63, 3.8) is 0 Å². The summed E-state index contributed by atoms with van der Waals surface area (Å²) in [6.07, 6.45) is 1.23. The van der Waals surface area contributed by atoms with Gasteiger partial charge in [0.2, 0.25) is 5.82 Å². The Hall–Kier alpha value is -2.05. The van der Waals surface area contributed by atoms with E-state index in [2.05, 4.69) is 5.32 Å². The molecule has 7 heteroatoms. The Balaban J connectivity index is 3.12. The highest BCUT2D eigenvalue weighted by atomic mass is 19.1. The van der Waals surface area contributed by atoms with Gasteiger partial charge in [-0.15, -0.1) is 0 Å². The summed E-state index contributed by atoms with van der Waals surface area (Å²) in [6.45, 7) is 5.50. The van der Waals surface area contributed by atoms with E-state index in [0.29, 0.717) is 25.0 Å². The Morgan fingerprint density at radius 1 is 1.30 bits per heavy atom. The molecule has 0 spiro atoms. The molecule has 0 bridgehead atoms. The number of benzene rings is 1. The van der Waals surface area contributed by atoms with Crippen LogP contribution in [0.1, 0.15) is 44.0 Å². The van der Waals surface area contributed by atoms with Gasteiger partial charge in [0.15, 0.2) is 0 Å². The average Bonchev–Trinajstić information content (AvgIpc) is 2.40. The molecule has 20 heavy (non-hydrogen) atoms. The lowest BCUT2D eigenvalue weighted by Gasteiger charge is -2.28. The van der Waals surface area contributed by atoms with Gasteiger partial charge in [0.1, 0.15) is 5.82 Å². The number of nitro benzene ring substituents is 1. The molecular weight excluding hydrogens is 270 g/mol. The van der Waals surface area contributed by atoms with E-state index in [-0.39, 0.29) is 0 Å². The first-order valence-corrected chi connectivity index (χ1v) is 6.20. The van der Waals surface area contributed by atoms with Gasteiger partial charge in [-0.1, -0.05) is 13.8 Å². The first-order chi connectivity index (χ1) is 9.24. The third kappa shape index (κ3) is 3.28. The SMILES string of the molecule is CCC(C)(CC)NC(=O)c1cc(F)c([N+](=O)[O-])cc1F. The topological polar surface area (TPSA) is 72.2 Å². The second-order valence-electron chi connectivity index (χ2n) is 4.76. The molecule has 0 aromatic heterocycles. The third-order valence-corrected chi connectivity index (χ3v) is 3.45. The second-order valence-corrected chi connectivity index (χ2v) is 4.76. The van der Waals surface area contributed by atoms with Gasteiger partial charge >= 0.3 is 5.69 Å². The molecule has 0 heterocycles. The fourth-order valence-corrected chi connectivity index (χ4v) is 1.62. The van der Waals surface area contributed by atoms with Crippen molar-refractivity contribution < 1.29 is 18.5 Å². The molecule has 1 amide bonds. The first kappa shape index (κ1) is 16.0. The molecule has 1 aromatic carbocycles. The maximum atomic E-state index is 13.7. The van der Waals surface area contributed by atoms with Crippen molar-refractivity contribution in [1.82, 2.24) is 5.32 Å². The fraction of sp³-hybridized carbons (Fsp3) is 0.462. The molecule has 0 aliphatic heterocycles. The zero-order chi connectivity index (χ0) is 15.5. The van der Waals surface area contributed by atoms with Crippen LogP contribution in [0.4, 0.5) is 14.5 Å². The minimum atomic E-state index is -1.24. The molecule has 0 saturated carbocycles. The number of nitrogens with zero attached hydrogens (tertiary/aromatic N) is 1. The van der Waals surface area contributed by atoms with Gasteiger partial charge in [0.25, 0.3) is 5.91 Å². The molecule has 0 radical (unpaired) electrons. The van der Waals surface area contributed by atoms with Gasteiger partial charge in [0, 0.05) is 5.54 Å². The van der Waals surface area contributed by atoms with Crippen LogP contribution in [0.3, 0.4) is 0 Å². The zero-order valence-corrected chi connectivity index (χ0v) is 11.5. The highest BCUT2D eigenvalue weighted by Gasteiger charge is 2.26. The first-order valence-electron chi connectivity index (χ1n) is 6.20. The summed E-state index contributed by atoms with van der Waals surface area (Å²) < 4.78 is 27.1. The molecule has 110 valence electrons. The highest BCUT2D eigenvalue weighted by Crippen LogP contribution is 2.22. The van der Waals surface area contributed by atoms with Crippen LogP contribution in [-0.2, 0) is 0 Å². The number of nitro groups is 1. The number of amides is 1. The second kappa shape index (κ2) is 5.94. The van der Waals surface area contributed by atoms with Crippen LogP contribution in [-0.4, -0.2) is 16.4 Å². The molecule has 0 unspecified atom stereocenters. The molecule has 0 fully saturated rings. The number of nitrogens with one attached hydrogen (secondary N) is 1. The van der Waals surface area contributed by atoms with Crippen molar-refractivity contribution in [3.8, 4) is 0 Å². The Bertz CT molecular complexity index is 543. The van der Waals surface area contributed by atoms with Crippen LogP contribution in [0.5, 0.6) is 0 Å². The lowest BCUT2D eigenvalue weighted by molar-refractivity contribution is -0.387. The summed E-state index contributed by atoms with van der Waals surface area (Å²) in [7, 11) is 0. The lowest BCUT2D eigenvalue weighted by Crippen LogP contribution is -2.45. The molecular formula is C13H16F2N2O3. The van der Waals surface area contributed by atoms with Crippen molar-refractivity contribution in [1.29, 1.82) is 0 Å². The number of carbonyl (C=O) groups excluding carboxylic acids is 1. The van der Waals surface area contributed by atoms with E-state index >= 15 is 0 Å². The summed E-state index contributed by atoms with van der Waals surface area (Å²) in [4.78, 5) is 21.4. The van der Waals surface area contributed by atoms with E-state index in [1.54, 1.807) is 6.92 Å². The summed E-state index contributed by atoms with van der Waals surface area (Å²) in [5, 5.41) is 13.1. The van der Waals surface area contributed by atoms with Crippen molar-refractivity contribution in [2.45, 2.75) is 39.2 Å². The van der Waals surface area contributed by atoms with Gasteiger partial charge in [-0.2, -0.15) is 4.39 Å². The van der Waals surface area contributed by atoms with E-state index in [0.717, 1.165) is 0 Å². The molecule has 5 nitrogen and oxygen atoms in total. The molecule has 0 saturated heterocycles. The van der Waals surface area contributed by atoms with Crippen LogP contribution >= 0.6 is 0 Å². The zero-order valence-electron chi connectivity index (χ0n) is 11.5. The maximum absolute atomic E-state index is 13.7. The summed E-state index contributed by atoms with van der Waals surface area (Å²) >= 11 is 0. The standard InChI is InChI=1S/C13H16F2N2O3/c1-4-13(3,5-2)16-12(18)8-6-10(15)11(17(19)20)7-9(8)14/h6-7H,4-5H2,1-3H3,(H,16,18). The fourth-order valence-electron chi connectivity index (χ4n) is 1.62. The number of hydrogen-bond donors (Lipinski definition) is 1. The number of rotatable bonds is 5. The quantitative estimate of drug-likeness (QED) is 0.667. The van der Waals surface area contributed by atoms with Crippen LogP contribution in [0.15, 0.2) is 12.1 Å². The van der Waals surface area contributed by atoms with Crippen molar-refractivity contribution >= 4 is 11.6 Å². The van der Waals surface area contributed by atoms with Gasteiger partial charge in [-0.3, -0.25) is 14.9 Å². The van der Waals surface area contributed by atoms with Crippen LogP contribution < -0.4 is 5.32 Å². The van der Waals surface area contributed by atoms with Crippen molar-refractivity contribution in [3.05, 3.63) is 39.4 Å². The molecule has 0 atom stereocenters. The van der Waals surface area contributed by atoms with Crippen LogP contribution in [0, 0.1) is 21.7 Å². The van der Waals surface area contributed by atoms with E-state index in [1.807, 2.05) is 13.8 Å². The molecule has 1 aromatic rings. The Morgan fingerprint density at radius 3 is 2.30 bits per heavy atom. The van der Waals surface area contributed by atoms with E-state index in [9.17, 15) is 23.7 Å². The maximum Gasteiger partial charge on any atom is 0.307 e. The lowest BCUT2D eigenvalue weighted by atomic mass is 9.95. The number of carbonyl (C=O) groups is 1. The predicted octanol–water partition coefficient (Wildman–Crippen LogP) is 3.18. The summed E-state index contributed by atoms with van der Waals surface area (Å²) in [5.41, 5.74) is -2.07. The molecule has 0 aliphatic rings.